The lowest BCUT2D eigenvalue weighted by molar-refractivity contribution is -0.146. The minimum Gasteiger partial charge on any atom is -0.381 e. The Kier molecular flexibility index (Phi) is 5.11. The zero-order chi connectivity index (χ0) is 16.3. The second-order valence-corrected chi connectivity index (χ2v) is 6.13. The molecular formula is C16H28N4O2. The zero-order valence-electron chi connectivity index (χ0n) is 14.3. The number of rotatable bonds is 6. The van der Waals surface area contributed by atoms with E-state index >= 15 is 0 Å². The number of urea groups is 1. The number of nitrogens with zero attached hydrogens (tertiary/aromatic N) is 3. The normalized spacial score (nSPS) is 23.0. The summed E-state index contributed by atoms with van der Waals surface area (Å²) < 4.78 is 7.38. The van der Waals surface area contributed by atoms with Crippen LogP contribution in [0.4, 0.5) is 4.79 Å². The number of amides is 2. The van der Waals surface area contributed by atoms with E-state index in [9.17, 15) is 4.79 Å². The molecule has 1 aliphatic carbocycles. The number of aryl methyl sites for hydroxylation is 1. The van der Waals surface area contributed by atoms with E-state index in [0.29, 0.717) is 6.54 Å². The molecule has 124 valence electrons. The molecule has 2 rings (SSSR count). The molecule has 0 unspecified atom stereocenters. The molecule has 1 aromatic heterocycles. The van der Waals surface area contributed by atoms with Crippen molar-refractivity contribution < 1.29 is 9.53 Å². The Balaban J connectivity index is 1.97. The number of aromatic nitrogens is 2. The van der Waals surface area contributed by atoms with Crippen molar-refractivity contribution >= 4 is 6.03 Å². The van der Waals surface area contributed by atoms with Crippen LogP contribution in [0.15, 0.2) is 12.3 Å². The van der Waals surface area contributed by atoms with E-state index in [1.807, 2.05) is 25.1 Å². The van der Waals surface area contributed by atoms with Gasteiger partial charge in [-0.1, -0.05) is 13.8 Å². The van der Waals surface area contributed by atoms with Crippen molar-refractivity contribution in [2.24, 2.45) is 12.5 Å². The van der Waals surface area contributed by atoms with Crippen molar-refractivity contribution in [1.82, 2.24) is 20.0 Å². The number of carbonyl (C=O) groups is 1. The molecule has 0 saturated heterocycles. The van der Waals surface area contributed by atoms with Crippen LogP contribution in [0, 0.1) is 5.41 Å². The van der Waals surface area contributed by atoms with Gasteiger partial charge in [-0.15, -0.1) is 0 Å². The quantitative estimate of drug-likeness (QED) is 0.876. The van der Waals surface area contributed by atoms with Gasteiger partial charge in [-0.2, -0.15) is 5.10 Å². The average molecular weight is 308 g/mol. The van der Waals surface area contributed by atoms with Crippen molar-refractivity contribution in [1.29, 1.82) is 0 Å². The highest BCUT2D eigenvalue weighted by molar-refractivity contribution is 5.74. The maximum absolute atomic E-state index is 12.4. The molecule has 22 heavy (non-hydrogen) atoms. The third-order valence-corrected chi connectivity index (χ3v) is 5.47. The first kappa shape index (κ1) is 16.8. The molecule has 0 radical (unpaired) electrons. The third kappa shape index (κ3) is 2.72. The van der Waals surface area contributed by atoms with E-state index < -0.39 is 0 Å². The fourth-order valence-corrected chi connectivity index (χ4v) is 3.78. The fourth-order valence-electron chi connectivity index (χ4n) is 3.78. The number of nitrogens with one attached hydrogen (secondary N) is 1. The van der Waals surface area contributed by atoms with Crippen LogP contribution in [-0.2, 0) is 18.3 Å². The predicted molar refractivity (Wildman–Crippen MR) is 85.4 cm³/mol. The van der Waals surface area contributed by atoms with Gasteiger partial charge in [-0.25, -0.2) is 4.79 Å². The van der Waals surface area contributed by atoms with Crippen LogP contribution in [-0.4, -0.2) is 47.0 Å². The van der Waals surface area contributed by atoms with Gasteiger partial charge in [0.2, 0.25) is 0 Å². The number of methoxy groups -OCH3 is 1. The fraction of sp³-hybridized carbons (Fsp3) is 0.750. The van der Waals surface area contributed by atoms with Gasteiger partial charge in [0, 0.05) is 38.9 Å². The molecule has 0 aromatic carbocycles. The topological polar surface area (TPSA) is 59.4 Å². The van der Waals surface area contributed by atoms with Crippen LogP contribution in [0.25, 0.3) is 0 Å². The van der Waals surface area contributed by atoms with Gasteiger partial charge in [0.15, 0.2) is 0 Å². The van der Waals surface area contributed by atoms with E-state index in [1.165, 1.54) is 0 Å². The Morgan fingerprint density at radius 1 is 1.55 bits per heavy atom. The molecule has 1 heterocycles. The van der Waals surface area contributed by atoms with E-state index in [-0.39, 0.29) is 23.6 Å². The largest absolute Gasteiger partial charge is 0.381 e. The third-order valence-electron chi connectivity index (χ3n) is 5.47. The van der Waals surface area contributed by atoms with Gasteiger partial charge in [0.1, 0.15) is 0 Å². The number of hydrogen-bond donors (Lipinski definition) is 1. The number of hydrogen-bond acceptors (Lipinski definition) is 3. The first-order valence-electron chi connectivity index (χ1n) is 8.00. The van der Waals surface area contributed by atoms with Gasteiger partial charge in [0.25, 0.3) is 0 Å². The SMILES string of the molecule is CCC1(CC)[C@H](OC)C[C@H]1N(C)C(=O)NCc1ccnn1C. The summed E-state index contributed by atoms with van der Waals surface area (Å²) in [5.74, 6) is 0. The highest BCUT2D eigenvalue weighted by Gasteiger charge is 2.55. The summed E-state index contributed by atoms with van der Waals surface area (Å²) in [5.41, 5.74) is 1.07. The summed E-state index contributed by atoms with van der Waals surface area (Å²) >= 11 is 0. The summed E-state index contributed by atoms with van der Waals surface area (Å²) in [5, 5.41) is 7.09. The van der Waals surface area contributed by atoms with Crippen LogP contribution < -0.4 is 5.32 Å². The van der Waals surface area contributed by atoms with Crippen LogP contribution in [0.5, 0.6) is 0 Å². The molecule has 1 aliphatic rings. The lowest BCUT2D eigenvalue weighted by Gasteiger charge is -2.57. The second kappa shape index (κ2) is 6.69. The summed E-state index contributed by atoms with van der Waals surface area (Å²) in [4.78, 5) is 14.3. The van der Waals surface area contributed by atoms with Crippen LogP contribution in [0.3, 0.4) is 0 Å². The Bertz CT molecular complexity index is 510. The van der Waals surface area contributed by atoms with Crippen molar-refractivity contribution in [2.75, 3.05) is 14.2 Å². The van der Waals surface area contributed by atoms with E-state index in [0.717, 1.165) is 25.0 Å². The average Bonchev–Trinajstić information content (AvgIpc) is 2.91. The van der Waals surface area contributed by atoms with Crippen LogP contribution in [0.1, 0.15) is 38.8 Å². The standard InChI is InChI=1S/C16H28N4O2/c1-6-16(7-2)13(10-14(16)22-5)19(3)15(21)17-11-12-8-9-18-20(12)4/h8-9,13-14H,6-7,10-11H2,1-5H3,(H,17,21)/t13-,14-/m1/s1. The molecule has 1 aromatic rings. The second-order valence-electron chi connectivity index (χ2n) is 6.13. The molecule has 2 atom stereocenters. The molecule has 0 bridgehead atoms. The molecular weight excluding hydrogens is 280 g/mol. The highest BCUT2D eigenvalue weighted by Crippen LogP contribution is 2.50. The molecule has 0 spiro atoms. The first-order chi connectivity index (χ1) is 10.5. The summed E-state index contributed by atoms with van der Waals surface area (Å²) in [6, 6.07) is 2.11. The summed E-state index contributed by atoms with van der Waals surface area (Å²) in [7, 11) is 5.53. The zero-order valence-corrected chi connectivity index (χ0v) is 14.3. The Labute approximate surface area is 132 Å². The molecule has 1 saturated carbocycles. The molecule has 1 fully saturated rings. The van der Waals surface area contributed by atoms with Gasteiger partial charge in [-0.05, 0) is 25.3 Å². The van der Waals surface area contributed by atoms with Gasteiger partial charge < -0.3 is 15.0 Å². The summed E-state index contributed by atoms with van der Waals surface area (Å²) in [6.45, 7) is 4.86. The Morgan fingerprint density at radius 3 is 2.73 bits per heavy atom. The van der Waals surface area contributed by atoms with Gasteiger partial charge in [-0.3, -0.25) is 4.68 Å². The van der Waals surface area contributed by atoms with Crippen LogP contribution >= 0.6 is 0 Å². The summed E-state index contributed by atoms with van der Waals surface area (Å²) in [6.07, 6.45) is 4.94. The van der Waals surface area contributed by atoms with Crippen LogP contribution in [0.2, 0.25) is 0 Å². The monoisotopic (exact) mass is 308 g/mol. The number of ether oxygens (including phenoxy) is 1. The smallest absolute Gasteiger partial charge is 0.317 e. The molecule has 6 nitrogen and oxygen atoms in total. The van der Waals surface area contributed by atoms with E-state index in [1.54, 1.807) is 18.0 Å². The predicted octanol–water partition coefficient (Wildman–Crippen LogP) is 2.16. The van der Waals surface area contributed by atoms with Crippen molar-refractivity contribution in [3.8, 4) is 0 Å². The molecule has 0 aliphatic heterocycles. The lowest BCUT2D eigenvalue weighted by atomic mass is 9.58. The minimum atomic E-state index is -0.0352. The number of carbonyl (C=O) groups excluding carboxylic acids is 1. The maximum Gasteiger partial charge on any atom is 0.317 e. The highest BCUT2D eigenvalue weighted by atomic mass is 16.5. The first-order valence-corrected chi connectivity index (χ1v) is 8.00. The van der Waals surface area contributed by atoms with Gasteiger partial charge >= 0.3 is 6.03 Å². The van der Waals surface area contributed by atoms with E-state index in [2.05, 4.69) is 24.3 Å². The van der Waals surface area contributed by atoms with Crippen molar-refractivity contribution in [2.45, 2.75) is 51.8 Å². The minimum absolute atomic E-state index is 0.0352. The van der Waals surface area contributed by atoms with E-state index in [4.69, 9.17) is 4.74 Å². The molecule has 6 heteroatoms. The van der Waals surface area contributed by atoms with Crippen molar-refractivity contribution in [3.63, 3.8) is 0 Å². The Hall–Kier alpha value is -1.56. The Morgan fingerprint density at radius 2 is 2.23 bits per heavy atom. The van der Waals surface area contributed by atoms with Gasteiger partial charge in [0.05, 0.1) is 18.3 Å². The lowest BCUT2D eigenvalue weighted by Crippen LogP contribution is -2.65. The van der Waals surface area contributed by atoms with Crippen molar-refractivity contribution in [3.05, 3.63) is 18.0 Å². The molecule has 1 N–H and O–H groups in total. The molecule has 2 amide bonds. The maximum atomic E-state index is 12.4.